The van der Waals surface area contributed by atoms with Crippen molar-refractivity contribution < 1.29 is 9.53 Å². The quantitative estimate of drug-likeness (QED) is 0.746. The van der Waals surface area contributed by atoms with E-state index in [9.17, 15) is 4.79 Å². The number of hydrogen-bond donors (Lipinski definition) is 0. The van der Waals surface area contributed by atoms with E-state index in [4.69, 9.17) is 4.74 Å². The Morgan fingerprint density at radius 1 is 1.35 bits per heavy atom. The van der Waals surface area contributed by atoms with E-state index in [-0.39, 0.29) is 11.4 Å². The van der Waals surface area contributed by atoms with Gasteiger partial charge in [0, 0.05) is 0 Å². The maximum atomic E-state index is 11.9. The van der Waals surface area contributed by atoms with Crippen LogP contribution in [-0.2, 0) is 21.4 Å². The summed E-state index contributed by atoms with van der Waals surface area (Å²) < 4.78 is 4.95. The molecular weight excluding hydrogens is 212 g/mol. The fourth-order valence-electron chi connectivity index (χ4n) is 2.51. The van der Waals surface area contributed by atoms with Crippen molar-refractivity contribution in [3.05, 3.63) is 35.4 Å². The molecule has 0 atom stereocenters. The number of carbonyl (C=O) groups excluding carboxylic acids is 1. The van der Waals surface area contributed by atoms with Crippen LogP contribution in [0.15, 0.2) is 24.3 Å². The summed E-state index contributed by atoms with van der Waals surface area (Å²) >= 11 is 0. The van der Waals surface area contributed by atoms with E-state index in [1.54, 1.807) is 0 Å². The maximum absolute atomic E-state index is 11.9. The molecule has 0 heterocycles. The summed E-state index contributed by atoms with van der Waals surface area (Å²) in [5, 5.41) is 0. The topological polar surface area (TPSA) is 26.3 Å². The summed E-state index contributed by atoms with van der Waals surface area (Å²) in [4.78, 5) is 11.9. The van der Waals surface area contributed by atoms with Gasteiger partial charge < -0.3 is 4.74 Å². The maximum Gasteiger partial charge on any atom is 0.316 e. The van der Waals surface area contributed by atoms with Gasteiger partial charge in [0.05, 0.1) is 12.5 Å². The molecule has 0 aliphatic heterocycles. The zero-order valence-electron chi connectivity index (χ0n) is 10.8. The predicted molar refractivity (Wildman–Crippen MR) is 67.9 cm³/mol. The monoisotopic (exact) mass is 232 g/mol. The van der Waals surface area contributed by atoms with Crippen LogP contribution in [0.5, 0.6) is 0 Å². The van der Waals surface area contributed by atoms with E-state index in [2.05, 4.69) is 32.0 Å². The lowest BCUT2D eigenvalue weighted by Gasteiger charge is -2.18. The molecule has 1 aromatic carbocycles. The van der Waals surface area contributed by atoms with E-state index in [0.29, 0.717) is 5.92 Å². The summed E-state index contributed by atoms with van der Waals surface area (Å²) in [5.41, 5.74) is 2.14. The molecule has 1 fully saturated rings. The second kappa shape index (κ2) is 4.52. The first-order chi connectivity index (χ1) is 8.10. The standard InChI is InChI=1S/C15H20O2/c1-11(2)10-12-6-4-5-7-13(12)15(8-9-15)14(16)17-3/h4-7,11H,8-10H2,1-3H3. The third kappa shape index (κ3) is 2.21. The van der Waals surface area contributed by atoms with Crippen LogP contribution in [0.3, 0.4) is 0 Å². The Labute approximate surface area is 103 Å². The zero-order chi connectivity index (χ0) is 12.5. The third-order valence-corrected chi connectivity index (χ3v) is 3.49. The highest BCUT2D eigenvalue weighted by atomic mass is 16.5. The Kier molecular flexibility index (Phi) is 3.23. The smallest absolute Gasteiger partial charge is 0.316 e. The molecule has 0 spiro atoms. The van der Waals surface area contributed by atoms with Gasteiger partial charge in [0.1, 0.15) is 0 Å². The predicted octanol–water partition coefficient (Wildman–Crippen LogP) is 3.09. The number of hydrogen-bond acceptors (Lipinski definition) is 2. The molecule has 2 heteroatoms. The minimum Gasteiger partial charge on any atom is -0.468 e. The Balaban J connectivity index is 2.35. The average Bonchev–Trinajstić information content (AvgIpc) is 3.09. The van der Waals surface area contributed by atoms with E-state index in [1.807, 2.05) is 6.07 Å². The van der Waals surface area contributed by atoms with Gasteiger partial charge in [-0.05, 0) is 36.3 Å². The number of ether oxygens (including phenoxy) is 1. The Morgan fingerprint density at radius 3 is 2.53 bits per heavy atom. The third-order valence-electron chi connectivity index (χ3n) is 3.49. The highest BCUT2D eigenvalue weighted by molar-refractivity contribution is 5.87. The Hall–Kier alpha value is -1.31. The first-order valence-electron chi connectivity index (χ1n) is 6.27. The van der Waals surface area contributed by atoms with Crippen LogP contribution >= 0.6 is 0 Å². The molecule has 17 heavy (non-hydrogen) atoms. The molecule has 2 rings (SSSR count). The molecule has 1 aliphatic rings. The first kappa shape index (κ1) is 12.2. The fraction of sp³-hybridized carbons (Fsp3) is 0.533. The highest BCUT2D eigenvalue weighted by Gasteiger charge is 2.53. The molecule has 0 amide bonds. The van der Waals surface area contributed by atoms with Crippen LogP contribution in [0.2, 0.25) is 0 Å². The molecule has 1 aliphatic carbocycles. The van der Waals surface area contributed by atoms with Gasteiger partial charge in [0.25, 0.3) is 0 Å². The molecule has 0 aromatic heterocycles. The van der Waals surface area contributed by atoms with E-state index >= 15 is 0 Å². The fourth-order valence-corrected chi connectivity index (χ4v) is 2.51. The lowest BCUT2D eigenvalue weighted by molar-refractivity contribution is -0.143. The molecule has 0 N–H and O–H groups in total. The van der Waals surface area contributed by atoms with Gasteiger partial charge in [-0.2, -0.15) is 0 Å². The van der Waals surface area contributed by atoms with Crippen molar-refractivity contribution in [3.8, 4) is 0 Å². The van der Waals surface area contributed by atoms with Crippen LogP contribution in [0.25, 0.3) is 0 Å². The summed E-state index contributed by atoms with van der Waals surface area (Å²) in [6.07, 6.45) is 2.87. The highest BCUT2D eigenvalue weighted by Crippen LogP contribution is 2.50. The van der Waals surface area contributed by atoms with Crippen LogP contribution in [0.4, 0.5) is 0 Å². The van der Waals surface area contributed by atoms with Crippen LogP contribution in [0.1, 0.15) is 37.8 Å². The second-order valence-corrected chi connectivity index (χ2v) is 5.33. The van der Waals surface area contributed by atoms with Gasteiger partial charge in [0.15, 0.2) is 0 Å². The number of methoxy groups -OCH3 is 1. The van der Waals surface area contributed by atoms with Gasteiger partial charge in [-0.25, -0.2) is 0 Å². The van der Waals surface area contributed by atoms with Crippen LogP contribution in [0, 0.1) is 5.92 Å². The molecule has 1 saturated carbocycles. The number of rotatable bonds is 4. The molecule has 0 bridgehead atoms. The van der Waals surface area contributed by atoms with Crippen molar-refractivity contribution in [2.75, 3.05) is 7.11 Å². The zero-order valence-corrected chi connectivity index (χ0v) is 10.8. The van der Waals surface area contributed by atoms with Crippen LogP contribution < -0.4 is 0 Å². The number of esters is 1. The van der Waals surface area contributed by atoms with Gasteiger partial charge in [-0.15, -0.1) is 0 Å². The number of benzene rings is 1. The van der Waals surface area contributed by atoms with Crippen molar-refractivity contribution in [2.24, 2.45) is 5.92 Å². The summed E-state index contributed by atoms with van der Waals surface area (Å²) in [6.45, 7) is 4.41. The summed E-state index contributed by atoms with van der Waals surface area (Å²) in [5.74, 6) is 0.526. The Morgan fingerprint density at radius 2 is 2.00 bits per heavy atom. The van der Waals surface area contributed by atoms with E-state index in [1.165, 1.54) is 18.2 Å². The minimum absolute atomic E-state index is 0.0753. The second-order valence-electron chi connectivity index (χ2n) is 5.33. The van der Waals surface area contributed by atoms with E-state index < -0.39 is 0 Å². The molecular formula is C15H20O2. The van der Waals surface area contributed by atoms with Crippen LogP contribution in [-0.4, -0.2) is 13.1 Å². The van der Waals surface area contributed by atoms with Gasteiger partial charge in [0.2, 0.25) is 0 Å². The molecule has 0 saturated heterocycles. The van der Waals surface area contributed by atoms with Crippen molar-refractivity contribution >= 4 is 5.97 Å². The minimum atomic E-state index is -0.333. The lowest BCUT2D eigenvalue weighted by atomic mass is 9.88. The van der Waals surface area contributed by atoms with Crippen molar-refractivity contribution in [2.45, 2.75) is 38.5 Å². The normalized spacial score (nSPS) is 16.9. The molecule has 2 nitrogen and oxygen atoms in total. The van der Waals surface area contributed by atoms with E-state index in [0.717, 1.165) is 19.3 Å². The van der Waals surface area contributed by atoms with Gasteiger partial charge in [-0.3, -0.25) is 4.79 Å². The Bertz CT molecular complexity index is 417. The SMILES string of the molecule is COC(=O)C1(c2ccccc2CC(C)C)CC1. The van der Waals surface area contributed by atoms with Crippen molar-refractivity contribution in [1.29, 1.82) is 0 Å². The van der Waals surface area contributed by atoms with Crippen molar-refractivity contribution in [1.82, 2.24) is 0 Å². The van der Waals surface area contributed by atoms with Gasteiger partial charge >= 0.3 is 5.97 Å². The molecule has 0 unspecified atom stereocenters. The lowest BCUT2D eigenvalue weighted by Crippen LogP contribution is -2.23. The summed E-state index contributed by atoms with van der Waals surface area (Å²) in [6, 6.07) is 8.29. The summed E-state index contributed by atoms with van der Waals surface area (Å²) in [7, 11) is 1.48. The van der Waals surface area contributed by atoms with Crippen molar-refractivity contribution in [3.63, 3.8) is 0 Å². The van der Waals surface area contributed by atoms with Gasteiger partial charge in [-0.1, -0.05) is 38.1 Å². The first-order valence-corrected chi connectivity index (χ1v) is 6.27. The molecule has 1 aromatic rings. The largest absolute Gasteiger partial charge is 0.468 e. The number of carbonyl (C=O) groups is 1. The average molecular weight is 232 g/mol. The molecule has 0 radical (unpaired) electrons. The molecule has 92 valence electrons.